The van der Waals surface area contributed by atoms with E-state index in [4.69, 9.17) is 0 Å². The third-order valence-corrected chi connectivity index (χ3v) is 4.41. The molecule has 1 aromatic carbocycles. The minimum Gasteiger partial charge on any atom is -0.508 e. The van der Waals surface area contributed by atoms with Crippen LogP contribution in [0.25, 0.3) is 0 Å². The summed E-state index contributed by atoms with van der Waals surface area (Å²) in [5.41, 5.74) is 2.79. The predicted octanol–water partition coefficient (Wildman–Crippen LogP) is 3.21. The van der Waals surface area contributed by atoms with Gasteiger partial charge in [0.15, 0.2) is 0 Å². The molecule has 0 unspecified atom stereocenters. The van der Waals surface area contributed by atoms with Crippen LogP contribution in [0.15, 0.2) is 6.07 Å². The second-order valence-corrected chi connectivity index (χ2v) is 5.43. The molecule has 3 heteroatoms. The van der Waals surface area contributed by atoms with Gasteiger partial charge >= 0.3 is 5.97 Å². The van der Waals surface area contributed by atoms with Gasteiger partial charge in [-0.05, 0) is 61.9 Å². The van der Waals surface area contributed by atoms with Gasteiger partial charge in [0.1, 0.15) is 5.75 Å². The Kier molecular flexibility index (Phi) is 3.09. The van der Waals surface area contributed by atoms with Crippen molar-refractivity contribution in [2.75, 3.05) is 0 Å². The molecule has 18 heavy (non-hydrogen) atoms. The first-order valence-corrected chi connectivity index (χ1v) is 6.44. The molecule has 0 atom stereocenters. The molecular formula is C15H20O3. The third-order valence-electron chi connectivity index (χ3n) is 4.41. The number of carbonyl (C=O) groups is 1. The number of phenolic OH excluding ortho intramolecular Hbond substituents is 1. The van der Waals surface area contributed by atoms with Gasteiger partial charge in [0.05, 0.1) is 5.41 Å². The fraction of sp³-hybridized carbons (Fsp3) is 0.533. The molecule has 0 saturated heterocycles. The summed E-state index contributed by atoms with van der Waals surface area (Å²) in [6, 6.07) is 1.70. The Balaban J connectivity index is 2.70. The van der Waals surface area contributed by atoms with Crippen LogP contribution in [-0.4, -0.2) is 16.2 Å². The van der Waals surface area contributed by atoms with Crippen LogP contribution in [0.5, 0.6) is 5.75 Å². The van der Waals surface area contributed by atoms with Crippen molar-refractivity contribution in [3.05, 3.63) is 28.3 Å². The second kappa shape index (κ2) is 4.30. The summed E-state index contributed by atoms with van der Waals surface area (Å²) in [5.74, 6) is -0.469. The molecule has 0 aliphatic heterocycles. The minimum absolute atomic E-state index is 0.257. The number of aryl methyl sites for hydroxylation is 1. The maximum atomic E-state index is 11.8. The first kappa shape index (κ1) is 12.9. The van der Waals surface area contributed by atoms with Gasteiger partial charge < -0.3 is 10.2 Å². The van der Waals surface area contributed by atoms with E-state index in [9.17, 15) is 15.0 Å². The second-order valence-electron chi connectivity index (χ2n) is 5.43. The van der Waals surface area contributed by atoms with Gasteiger partial charge in [-0.2, -0.15) is 0 Å². The van der Waals surface area contributed by atoms with Crippen LogP contribution in [0.2, 0.25) is 0 Å². The summed E-state index contributed by atoms with van der Waals surface area (Å²) in [7, 11) is 0. The van der Waals surface area contributed by atoms with Crippen LogP contribution in [0.1, 0.15) is 47.9 Å². The third kappa shape index (κ3) is 1.69. The highest BCUT2D eigenvalue weighted by molar-refractivity contribution is 5.83. The number of hydrogen-bond donors (Lipinski definition) is 2. The van der Waals surface area contributed by atoms with E-state index in [0.29, 0.717) is 12.8 Å². The molecule has 0 bridgehead atoms. The smallest absolute Gasteiger partial charge is 0.314 e. The van der Waals surface area contributed by atoms with Crippen molar-refractivity contribution in [1.82, 2.24) is 0 Å². The fourth-order valence-corrected chi connectivity index (χ4v) is 3.35. The van der Waals surface area contributed by atoms with Gasteiger partial charge in [0.2, 0.25) is 0 Å². The van der Waals surface area contributed by atoms with Crippen LogP contribution in [0, 0.1) is 20.8 Å². The Morgan fingerprint density at radius 1 is 1.17 bits per heavy atom. The Morgan fingerprint density at radius 2 is 1.72 bits per heavy atom. The highest BCUT2D eigenvalue weighted by Gasteiger charge is 2.45. The van der Waals surface area contributed by atoms with Gasteiger partial charge in [-0.25, -0.2) is 0 Å². The lowest BCUT2D eigenvalue weighted by atomic mass is 9.74. The summed E-state index contributed by atoms with van der Waals surface area (Å²) in [5, 5.41) is 19.5. The molecule has 1 saturated carbocycles. The molecular weight excluding hydrogens is 228 g/mol. The lowest BCUT2D eigenvalue weighted by molar-refractivity contribution is -0.143. The van der Waals surface area contributed by atoms with Gasteiger partial charge in [-0.15, -0.1) is 0 Å². The predicted molar refractivity (Wildman–Crippen MR) is 70.1 cm³/mol. The Labute approximate surface area is 107 Å². The van der Waals surface area contributed by atoms with Crippen LogP contribution in [0.4, 0.5) is 0 Å². The van der Waals surface area contributed by atoms with Crippen LogP contribution in [-0.2, 0) is 10.2 Å². The largest absolute Gasteiger partial charge is 0.508 e. The molecule has 2 N–H and O–H groups in total. The SMILES string of the molecule is Cc1cc(O)c(C)c(C)c1C1(C(=O)O)CCCC1. The zero-order valence-electron chi connectivity index (χ0n) is 11.2. The van der Waals surface area contributed by atoms with E-state index in [-0.39, 0.29) is 5.75 Å². The van der Waals surface area contributed by atoms with E-state index < -0.39 is 11.4 Å². The molecule has 2 rings (SSSR count). The number of carboxylic acid groups (broad SMARTS) is 1. The lowest BCUT2D eigenvalue weighted by Gasteiger charge is -2.29. The van der Waals surface area contributed by atoms with Crippen molar-refractivity contribution in [2.24, 2.45) is 0 Å². The summed E-state index contributed by atoms with van der Waals surface area (Å²) in [4.78, 5) is 11.8. The molecule has 98 valence electrons. The number of phenols is 1. The molecule has 0 spiro atoms. The van der Waals surface area contributed by atoms with Crippen molar-refractivity contribution in [1.29, 1.82) is 0 Å². The van der Waals surface area contributed by atoms with Crippen molar-refractivity contribution < 1.29 is 15.0 Å². The molecule has 0 amide bonds. The van der Waals surface area contributed by atoms with E-state index in [2.05, 4.69) is 0 Å². The monoisotopic (exact) mass is 248 g/mol. The molecule has 3 nitrogen and oxygen atoms in total. The molecule has 0 heterocycles. The van der Waals surface area contributed by atoms with Gasteiger partial charge in [0, 0.05) is 0 Å². The molecule has 1 aliphatic rings. The lowest BCUT2D eigenvalue weighted by Crippen LogP contribution is -2.34. The number of rotatable bonds is 2. The van der Waals surface area contributed by atoms with Crippen LogP contribution >= 0.6 is 0 Å². The number of aromatic hydroxyl groups is 1. The number of benzene rings is 1. The summed E-state index contributed by atoms with van der Waals surface area (Å²) in [6.45, 7) is 5.66. The minimum atomic E-state index is -0.743. The van der Waals surface area contributed by atoms with Gasteiger partial charge in [0.25, 0.3) is 0 Å². The molecule has 1 fully saturated rings. The molecule has 0 aromatic heterocycles. The first-order valence-electron chi connectivity index (χ1n) is 6.44. The fourth-order valence-electron chi connectivity index (χ4n) is 3.35. The van der Waals surface area contributed by atoms with E-state index in [1.165, 1.54) is 0 Å². The molecule has 1 aliphatic carbocycles. The first-order chi connectivity index (χ1) is 8.40. The molecule has 0 radical (unpaired) electrons. The highest BCUT2D eigenvalue weighted by Crippen LogP contribution is 2.45. The number of carboxylic acids is 1. The number of aliphatic carboxylic acids is 1. The van der Waals surface area contributed by atoms with Crippen LogP contribution in [0.3, 0.4) is 0 Å². The van der Waals surface area contributed by atoms with Crippen molar-refractivity contribution in [3.8, 4) is 5.75 Å². The summed E-state index contributed by atoms with van der Waals surface area (Å²) < 4.78 is 0. The zero-order valence-corrected chi connectivity index (χ0v) is 11.2. The van der Waals surface area contributed by atoms with Crippen molar-refractivity contribution in [2.45, 2.75) is 51.9 Å². The maximum Gasteiger partial charge on any atom is 0.314 e. The van der Waals surface area contributed by atoms with E-state index in [0.717, 1.165) is 35.1 Å². The van der Waals surface area contributed by atoms with Crippen LogP contribution < -0.4 is 0 Å². The van der Waals surface area contributed by atoms with Gasteiger partial charge in [-0.3, -0.25) is 4.79 Å². The Morgan fingerprint density at radius 3 is 2.22 bits per heavy atom. The van der Waals surface area contributed by atoms with E-state index in [1.807, 2.05) is 20.8 Å². The maximum absolute atomic E-state index is 11.8. The van der Waals surface area contributed by atoms with E-state index >= 15 is 0 Å². The van der Waals surface area contributed by atoms with Crippen molar-refractivity contribution in [3.63, 3.8) is 0 Å². The number of hydrogen-bond acceptors (Lipinski definition) is 2. The average Bonchev–Trinajstić information content (AvgIpc) is 2.76. The van der Waals surface area contributed by atoms with E-state index in [1.54, 1.807) is 6.07 Å². The topological polar surface area (TPSA) is 57.5 Å². The zero-order chi connectivity index (χ0) is 13.5. The normalized spacial score (nSPS) is 17.9. The van der Waals surface area contributed by atoms with Crippen molar-refractivity contribution >= 4 is 5.97 Å². The van der Waals surface area contributed by atoms with Gasteiger partial charge in [-0.1, -0.05) is 12.8 Å². The quantitative estimate of drug-likeness (QED) is 0.845. The Hall–Kier alpha value is -1.51. The summed E-state index contributed by atoms with van der Waals surface area (Å²) >= 11 is 0. The highest BCUT2D eigenvalue weighted by atomic mass is 16.4. The average molecular weight is 248 g/mol. The molecule has 1 aromatic rings. The summed E-state index contributed by atoms with van der Waals surface area (Å²) in [6.07, 6.45) is 3.33. The standard InChI is InChI=1S/C15H20O3/c1-9-8-12(16)10(2)11(3)13(9)15(14(17)18)6-4-5-7-15/h8,16H,4-7H2,1-3H3,(H,17,18). The Bertz CT molecular complexity index is 497.